The van der Waals surface area contributed by atoms with E-state index in [1.807, 2.05) is 36.4 Å². The van der Waals surface area contributed by atoms with Gasteiger partial charge in [-0.2, -0.15) is 4.98 Å². The molecule has 1 heterocycles. The lowest BCUT2D eigenvalue weighted by Gasteiger charge is -2.23. The zero-order valence-corrected chi connectivity index (χ0v) is 14.8. The van der Waals surface area contributed by atoms with Crippen molar-refractivity contribution in [1.29, 1.82) is 0 Å². The largest absolute Gasteiger partial charge is 0.434 e. The van der Waals surface area contributed by atoms with Gasteiger partial charge >= 0.3 is 11.6 Å². The van der Waals surface area contributed by atoms with Crippen LogP contribution in [0.5, 0.6) is 11.6 Å². The zero-order valence-electron chi connectivity index (χ0n) is 14.8. The van der Waals surface area contributed by atoms with Crippen molar-refractivity contribution in [3.8, 4) is 11.6 Å². The van der Waals surface area contributed by atoms with Gasteiger partial charge in [0.25, 0.3) is 0 Å². The number of aromatic nitrogens is 2. The van der Waals surface area contributed by atoms with Gasteiger partial charge in [-0.05, 0) is 35.7 Å². The average molecular weight is 364 g/mol. The van der Waals surface area contributed by atoms with Gasteiger partial charge in [0, 0.05) is 6.04 Å². The quantitative estimate of drug-likeness (QED) is 0.502. The van der Waals surface area contributed by atoms with Gasteiger partial charge in [0.05, 0.1) is 4.92 Å². The van der Waals surface area contributed by atoms with Crippen LogP contribution in [0.25, 0.3) is 10.8 Å². The normalized spacial score (nSPS) is 14.8. The topological polar surface area (TPSA) is 90.2 Å². The second-order valence-electron chi connectivity index (χ2n) is 6.72. The van der Waals surface area contributed by atoms with Gasteiger partial charge in [0.15, 0.2) is 0 Å². The number of hydrogen-bond acceptors (Lipinski definition) is 6. The highest BCUT2D eigenvalue weighted by Crippen LogP contribution is 2.36. The van der Waals surface area contributed by atoms with Crippen molar-refractivity contribution >= 4 is 22.3 Å². The van der Waals surface area contributed by atoms with E-state index >= 15 is 0 Å². The van der Waals surface area contributed by atoms with Gasteiger partial charge in [0.1, 0.15) is 12.1 Å². The van der Waals surface area contributed by atoms with Crippen LogP contribution in [0.3, 0.4) is 0 Å². The van der Waals surface area contributed by atoms with Crippen molar-refractivity contribution in [2.45, 2.75) is 38.1 Å². The third-order valence-electron chi connectivity index (χ3n) is 4.85. The third-order valence-corrected chi connectivity index (χ3v) is 4.85. The summed E-state index contributed by atoms with van der Waals surface area (Å²) < 4.78 is 5.78. The summed E-state index contributed by atoms with van der Waals surface area (Å²) in [7, 11) is 0. The number of anilines is 1. The average Bonchev–Trinajstić information content (AvgIpc) is 2.68. The first-order chi connectivity index (χ1) is 13.2. The molecule has 7 nitrogen and oxygen atoms in total. The molecule has 1 aliphatic rings. The summed E-state index contributed by atoms with van der Waals surface area (Å²) in [5.41, 5.74) is -0.226. The second-order valence-corrected chi connectivity index (χ2v) is 6.72. The molecule has 0 bridgehead atoms. The molecule has 0 unspecified atom stereocenters. The molecule has 7 heteroatoms. The van der Waals surface area contributed by atoms with Crippen molar-refractivity contribution in [2.75, 3.05) is 5.32 Å². The van der Waals surface area contributed by atoms with Crippen LogP contribution < -0.4 is 10.1 Å². The molecule has 1 fully saturated rings. The highest BCUT2D eigenvalue weighted by Gasteiger charge is 2.27. The minimum absolute atomic E-state index is 0.0522. The van der Waals surface area contributed by atoms with Crippen molar-refractivity contribution in [3.05, 3.63) is 58.9 Å². The number of hydrogen-bond donors (Lipinski definition) is 1. The Morgan fingerprint density at radius 2 is 1.81 bits per heavy atom. The van der Waals surface area contributed by atoms with Crippen molar-refractivity contribution < 1.29 is 9.66 Å². The van der Waals surface area contributed by atoms with Gasteiger partial charge in [-0.25, -0.2) is 4.98 Å². The van der Waals surface area contributed by atoms with Crippen LogP contribution in [-0.4, -0.2) is 20.9 Å². The Morgan fingerprint density at radius 1 is 1.04 bits per heavy atom. The Morgan fingerprint density at radius 3 is 2.59 bits per heavy atom. The Bertz CT molecular complexity index is 970. The zero-order chi connectivity index (χ0) is 18.6. The fourth-order valence-electron chi connectivity index (χ4n) is 3.49. The molecule has 1 N–H and O–H groups in total. The number of rotatable bonds is 5. The lowest BCUT2D eigenvalue weighted by molar-refractivity contribution is -0.385. The van der Waals surface area contributed by atoms with Gasteiger partial charge in [0.2, 0.25) is 5.82 Å². The Balaban J connectivity index is 1.64. The smallest absolute Gasteiger partial charge is 0.373 e. The first kappa shape index (κ1) is 17.2. The molecule has 0 aliphatic heterocycles. The standard InChI is InChI=1S/C20H20N4O3/c25-24(26)18-19(23-16-8-2-1-3-9-16)21-13-22-20(18)27-17-11-10-14-6-4-5-7-15(14)12-17/h4-7,10-13,16H,1-3,8-9H2,(H,21,22,23). The fraction of sp³-hybridized carbons (Fsp3) is 0.300. The molecular formula is C20H20N4O3. The molecule has 138 valence electrons. The maximum absolute atomic E-state index is 11.7. The lowest BCUT2D eigenvalue weighted by atomic mass is 9.95. The molecule has 0 amide bonds. The van der Waals surface area contributed by atoms with Crippen molar-refractivity contribution in [3.63, 3.8) is 0 Å². The Hall–Kier alpha value is -3.22. The van der Waals surface area contributed by atoms with Crippen LogP contribution >= 0.6 is 0 Å². The molecule has 1 aromatic heterocycles. The minimum Gasteiger partial charge on any atom is -0.434 e. The molecule has 0 spiro atoms. The van der Waals surface area contributed by atoms with E-state index in [9.17, 15) is 10.1 Å². The molecule has 2 aromatic carbocycles. The molecule has 27 heavy (non-hydrogen) atoms. The maximum Gasteiger partial charge on any atom is 0.373 e. The summed E-state index contributed by atoms with van der Waals surface area (Å²) >= 11 is 0. The minimum atomic E-state index is -0.485. The molecule has 1 saturated carbocycles. The Kier molecular flexibility index (Phi) is 4.82. The first-order valence-electron chi connectivity index (χ1n) is 9.13. The van der Waals surface area contributed by atoms with Gasteiger partial charge in [-0.15, -0.1) is 0 Å². The molecule has 1 aliphatic carbocycles. The number of fused-ring (bicyclic) bond motifs is 1. The summed E-state index contributed by atoms with van der Waals surface area (Å²) in [6, 6.07) is 13.6. The fourth-order valence-corrected chi connectivity index (χ4v) is 3.49. The molecule has 0 saturated heterocycles. The van der Waals surface area contributed by atoms with E-state index in [-0.39, 0.29) is 23.4 Å². The molecule has 3 aromatic rings. The number of nitrogens with one attached hydrogen (secondary N) is 1. The van der Waals surface area contributed by atoms with E-state index in [0.29, 0.717) is 5.75 Å². The summed E-state index contributed by atoms with van der Waals surface area (Å²) in [5, 5.41) is 17.0. The molecular weight excluding hydrogens is 344 g/mol. The first-order valence-corrected chi connectivity index (χ1v) is 9.13. The highest BCUT2D eigenvalue weighted by atomic mass is 16.6. The van der Waals surface area contributed by atoms with Gasteiger partial charge in [-0.3, -0.25) is 10.1 Å². The van der Waals surface area contributed by atoms with Crippen molar-refractivity contribution in [2.24, 2.45) is 0 Å². The van der Waals surface area contributed by atoms with Gasteiger partial charge < -0.3 is 10.1 Å². The number of benzene rings is 2. The van der Waals surface area contributed by atoms with E-state index in [1.165, 1.54) is 12.7 Å². The van der Waals surface area contributed by atoms with Crippen LogP contribution in [0.15, 0.2) is 48.8 Å². The van der Waals surface area contributed by atoms with Crippen LogP contribution in [0.2, 0.25) is 0 Å². The second kappa shape index (κ2) is 7.57. The maximum atomic E-state index is 11.7. The number of ether oxygens (including phenoxy) is 1. The van der Waals surface area contributed by atoms with E-state index in [0.717, 1.165) is 36.5 Å². The summed E-state index contributed by atoms with van der Waals surface area (Å²) in [6.45, 7) is 0. The summed E-state index contributed by atoms with van der Waals surface area (Å²) in [6.07, 6.45) is 6.73. The summed E-state index contributed by atoms with van der Waals surface area (Å²) in [4.78, 5) is 19.3. The predicted octanol–water partition coefficient (Wildman–Crippen LogP) is 5.07. The van der Waals surface area contributed by atoms with E-state index in [1.54, 1.807) is 6.07 Å². The molecule has 0 atom stereocenters. The SMILES string of the molecule is O=[N+]([O-])c1c(NC2CCCCC2)ncnc1Oc1ccc2ccccc2c1. The van der Waals surface area contributed by atoms with Crippen LogP contribution in [0.4, 0.5) is 11.5 Å². The molecule has 4 rings (SSSR count). The van der Waals surface area contributed by atoms with E-state index in [2.05, 4.69) is 15.3 Å². The molecule has 0 radical (unpaired) electrons. The Labute approximate surface area is 156 Å². The highest BCUT2D eigenvalue weighted by molar-refractivity contribution is 5.83. The van der Waals surface area contributed by atoms with Crippen LogP contribution in [0.1, 0.15) is 32.1 Å². The number of nitro groups is 1. The third kappa shape index (κ3) is 3.81. The van der Waals surface area contributed by atoms with E-state index in [4.69, 9.17) is 4.74 Å². The lowest BCUT2D eigenvalue weighted by Crippen LogP contribution is -2.23. The predicted molar refractivity (Wildman–Crippen MR) is 103 cm³/mol. The van der Waals surface area contributed by atoms with Gasteiger partial charge in [-0.1, -0.05) is 49.6 Å². The van der Waals surface area contributed by atoms with Crippen LogP contribution in [0, 0.1) is 10.1 Å². The van der Waals surface area contributed by atoms with Crippen LogP contribution in [-0.2, 0) is 0 Å². The number of nitrogens with zero attached hydrogens (tertiary/aromatic N) is 3. The van der Waals surface area contributed by atoms with Crippen molar-refractivity contribution in [1.82, 2.24) is 9.97 Å². The monoisotopic (exact) mass is 364 g/mol. The van der Waals surface area contributed by atoms with E-state index < -0.39 is 4.92 Å². The summed E-state index contributed by atoms with van der Waals surface area (Å²) in [5.74, 6) is 0.667.